The van der Waals surface area contributed by atoms with Gasteiger partial charge in [0.25, 0.3) is 5.91 Å². The van der Waals surface area contributed by atoms with Crippen molar-refractivity contribution < 1.29 is 18.7 Å². The summed E-state index contributed by atoms with van der Waals surface area (Å²) in [7, 11) is 0. The highest BCUT2D eigenvalue weighted by Gasteiger charge is 2.35. The predicted octanol–water partition coefficient (Wildman–Crippen LogP) is 3.78. The molecule has 168 valence electrons. The van der Waals surface area contributed by atoms with E-state index in [0.717, 1.165) is 5.56 Å². The molecule has 1 atom stereocenters. The number of ether oxygens (including phenoxy) is 1. The lowest BCUT2D eigenvalue weighted by Crippen LogP contribution is -2.43. The van der Waals surface area contributed by atoms with Crippen LogP contribution < -0.4 is 0 Å². The zero-order chi connectivity index (χ0) is 22.5. The number of likely N-dealkylation sites (tertiary alicyclic amines) is 1. The molecule has 1 amide bonds. The topological polar surface area (TPSA) is 62.2 Å². The van der Waals surface area contributed by atoms with Crippen LogP contribution in [0, 0.1) is 11.7 Å². The van der Waals surface area contributed by atoms with Crippen LogP contribution in [0.1, 0.15) is 43.4 Å². The molecule has 4 rings (SSSR count). The Morgan fingerprint density at radius 3 is 2.44 bits per heavy atom. The molecule has 1 unspecified atom stereocenters. The number of carbonyl (C=O) groups excluding carboxylic acids is 2. The maximum Gasteiger partial charge on any atom is 0.309 e. The number of benzene rings is 2. The number of piperidine rings is 1. The molecule has 6 nitrogen and oxygen atoms in total. The Morgan fingerprint density at radius 1 is 1.06 bits per heavy atom. The van der Waals surface area contributed by atoms with Gasteiger partial charge in [-0.05, 0) is 44.5 Å². The number of hydrogen-bond donors (Lipinski definition) is 0. The predicted molar refractivity (Wildman–Crippen MR) is 119 cm³/mol. The lowest BCUT2D eigenvalue weighted by atomic mass is 9.97. The molecule has 2 aromatic carbocycles. The molecule has 0 bridgehead atoms. The minimum atomic E-state index is -0.339. The van der Waals surface area contributed by atoms with Crippen molar-refractivity contribution in [3.05, 3.63) is 71.5 Å². The fourth-order valence-corrected chi connectivity index (χ4v) is 4.38. The number of carbonyl (C=O) groups is 2. The minimum absolute atomic E-state index is 0.101. The van der Waals surface area contributed by atoms with Crippen LogP contribution in [0.2, 0.25) is 0 Å². The molecule has 0 saturated carbocycles. The second-order valence-corrected chi connectivity index (χ2v) is 8.20. The third-order valence-electron chi connectivity index (χ3n) is 6.10. The van der Waals surface area contributed by atoms with Crippen molar-refractivity contribution in [1.29, 1.82) is 0 Å². The third-order valence-corrected chi connectivity index (χ3v) is 6.10. The van der Waals surface area contributed by atoms with Gasteiger partial charge in [-0.1, -0.05) is 48.5 Å². The maximum atomic E-state index is 14.4. The van der Waals surface area contributed by atoms with E-state index in [1.165, 1.54) is 11.1 Å². The fourth-order valence-electron chi connectivity index (χ4n) is 4.38. The first-order valence-electron chi connectivity index (χ1n) is 11.1. The smallest absolute Gasteiger partial charge is 0.309 e. The zero-order valence-corrected chi connectivity index (χ0v) is 18.2. The number of nitrogens with zero attached hydrogens (tertiary/aromatic N) is 3. The molecule has 0 N–H and O–H groups in total. The van der Waals surface area contributed by atoms with Gasteiger partial charge in [0.2, 0.25) is 0 Å². The van der Waals surface area contributed by atoms with E-state index >= 15 is 0 Å². The number of halogens is 1. The van der Waals surface area contributed by atoms with Crippen molar-refractivity contribution in [2.24, 2.45) is 11.0 Å². The van der Waals surface area contributed by atoms with Gasteiger partial charge in [0.05, 0.1) is 30.8 Å². The first-order chi connectivity index (χ1) is 15.6. The number of rotatable bonds is 6. The molecular weight excluding hydrogens is 409 g/mol. The molecule has 7 heteroatoms. The minimum Gasteiger partial charge on any atom is -0.466 e. The molecule has 2 aromatic rings. The van der Waals surface area contributed by atoms with Crippen LogP contribution in [0.5, 0.6) is 0 Å². The molecular formula is C25H28FN3O3. The first kappa shape index (κ1) is 22.1. The van der Waals surface area contributed by atoms with Crippen molar-refractivity contribution in [2.75, 3.05) is 26.2 Å². The SMILES string of the molecule is CCOC(=O)C1CCN(CC(=O)N2N=C(c3ccccc3F)CC2c2ccccc2)CC1. The quantitative estimate of drug-likeness (QED) is 0.646. The number of hydrogen-bond acceptors (Lipinski definition) is 5. The van der Waals surface area contributed by atoms with E-state index in [-0.39, 0.29) is 36.2 Å². The molecule has 0 radical (unpaired) electrons. The van der Waals surface area contributed by atoms with Gasteiger partial charge in [0, 0.05) is 12.0 Å². The molecule has 1 fully saturated rings. The zero-order valence-electron chi connectivity index (χ0n) is 18.2. The number of hydrazone groups is 1. The Labute approximate surface area is 187 Å². The number of amides is 1. The lowest BCUT2D eigenvalue weighted by Gasteiger charge is -2.31. The van der Waals surface area contributed by atoms with Crippen molar-refractivity contribution in [1.82, 2.24) is 9.91 Å². The summed E-state index contributed by atoms with van der Waals surface area (Å²) in [6.45, 7) is 3.72. The molecule has 1 saturated heterocycles. The molecule has 32 heavy (non-hydrogen) atoms. The van der Waals surface area contributed by atoms with Crippen LogP contribution in [-0.2, 0) is 14.3 Å². The van der Waals surface area contributed by atoms with Crippen molar-refractivity contribution in [3.8, 4) is 0 Å². The van der Waals surface area contributed by atoms with Crippen LogP contribution in [0.4, 0.5) is 4.39 Å². The highest BCUT2D eigenvalue weighted by Crippen LogP contribution is 2.33. The Morgan fingerprint density at radius 2 is 1.75 bits per heavy atom. The second kappa shape index (κ2) is 10.0. The van der Waals surface area contributed by atoms with Gasteiger partial charge in [0.15, 0.2) is 0 Å². The van der Waals surface area contributed by atoms with Gasteiger partial charge < -0.3 is 4.74 Å². The van der Waals surface area contributed by atoms with E-state index in [4.69, 9.17) is 4.74 Å². The summed E-state index contributed by atoms with van der Waals surface area (Å²) in [6.07, 6.45) is 1.82. The van der Waals surface area contributed by atoms with E-state index in [1.54, 1.807) is 25.1 Å². The van der Waals surface area contributed by atoms with Crippen LogP contribution in [0.25, 0.3) is 0 Å². The Balaban J connectivity index is 1.48. The third kappa shape index (κ3) is 4.88. The molecule has 0 spiro atoms. The van der Waals surface area contributed by atoms with E-state index in [2.05, 4.69) is 10.0 Å². The van der Waals surface area contributed by atoms with Gasteiger partial charge in [0.1, 0.15) is 5.82 Å². The lowest BCUT2D eigenvalue weighted by molar-refractivity contribution is -0.149. The van der Waals surface area contributed by atoms with Gasteiger partial charge in [-0.15, -0.1) is 0 Å². The van der Waals surface area contributed by atoms with Gasteiger partial charge in [-0.2, -0.15) is 5.10 Å². The summed E-state index contributed by atoms with van der Waals surface area (Å²) in [5.74, 6) is -0.717. The highest BCUT2D eigenvalue weighted by molar-refractivity contribution is 6.03. The first-order valence-corrected chi connectivity index (χ1v) is 11.1. The van der Waals surface area contributed by atoms with Crippen molar-refractivity contribution in [2.45, 2.75) is 32.2 Å². The summed E-state index contributed by atoms with van der Waals surface area (Å²) in [6, 6.07) is 16.0. The number of esters is 1. The molecule has 2 heterocycles. The largest absolute Gasteiger partial charge is 0.466 e. The summed E-state index contributed by atoms with van der Waals surface area (Å²) in [5, 5.41) is 6.08. The van der Waals surface area contributed by atoms with E-state index in [9.17, 15) is 14.0 Å². The van der Waals surface area contributed by atoms with Crippen LogP contribution >= 0.6 is 0 Å². The standard InChI is InChI=1S/C25H28FN3O3/c1-2-32-25(31)19-12-14-28(15-13-19)17-24(30)29-23(18-8-4-3-5-9-18)16-22(27-29)20-10-6-7-11-21(20)26/h3-11,19,23H,2,12-17H2,1H3. The Kier molecular flexibility index (Phi) is 6.95. The monoisotopic (exact) mass is 437 g/mol. The fraction of sp³-hybridized carbons (Fsp3) is 0.400. The van der Waals surface area contributed by atoms with E-state index < -0.39 is 0 Å². The van der Waals surface area contributed by atoms with Crippen molar-refractivity contribution >= 4 is 17.6 Å². The van der Waals surface area contributed by atoms with Gasteiger partial charge >= 0.3 is 5.97 Å². The average Bonchev–Trinajstić information content (AvgIpc) is 3.26. The normalized spacial score (nSPS) is 19.6. The Bertz CT molecular complexity index is 987. The molecule has 2 aliphatic heterocycles. The van der Waals surface area contributed by atoms with Crippen LogP contribution in [0.15, 0.2) is 59.7 Å². The highest BCUT2D eigenvalue weighted by atomic mass is 19.1. The van der Waals surface area contributed by atoms with E-state index in [1.807, 2.05) is 30.3 Å². The Hall–Kier alpha value is -3.06. The summed E-state index contributed by atoms with van der Waals surface area (Å²) in [5.41, 5.74) is 1.97. The van der Waals surface area contributed by atoms with Gasteiger partial charge in [-0.3, -0.25) is 14.5 Å². The van der Waals surface area contributed by atoms with Crippen LogP contribution in [-0.4, -0.2) is 53.7 Å². The van der Waals surface area contributed by atoms with E-state index in [0.29, 0.717) is 50.2 Å². The molecule has 0 aromatic heterocycles. The summed E-state index contributed by atoms with van der Waals surface area (Å²) >= 11 is 0. The van der Waals surface area contributed by atoms with Crippen LogP contribution in [0.3, 0.4) is 0 Å². The van der Waals surface area contributed by atoms with Gasteiger partial charge in [-0.25, -0.2) is 9.40 Å². The van der Waals surface area contributed by atoms with Crippen molar-refractivity contribution in [3.63, 3.8) is 0 Å². The molecule has 2 aliphatic rings. The molecule has 0 aliphatic carbocycles. The second-order valence-electron chi connectivity index (χ2n) is 8.20. The summed E-state index contributed by atoms with van der Waals surface area (Å²) in [4.78, 5) is 27.3. The average molecular weight is 438 g/mol. The summed E-state index contributed by atoms with van der Waals surface area (Å²) < 4.78 is 19.5. The maximum absolute atomic E-state index is 14.4.